The maximum Gasteiger partial charge on any atom is 0.192 e. The van der Waals surface area contributed by atoms with Crippen LogP contribution in [0.2, 0.25) is 18.1 Å². The molecule has 26 heavy (non-hydrogen) atoms. The van der Waals surface area contributed by atoms with Crippen molar-refractivity contribution in [2.75, 3.05) is 6.61 Å². The molecule has 0 spiro atoms. The van der Waals surface area contributed by atoms with E-state index in [1.54, 1.807) is 0 Å². The van der Waals surface area contributed by atoms with Crippen molar-refractivity contribution in [3.05, 3.63) is 41.6 Å². The highest BCUT2D eigenvalue weighted by molar-refractivity contribution is 6.74. The summed E-state index contributed by atoms with van der Waals surface area (Å²) >= 11 is 0. The van der Waals surface area contributed by atoms with E-state index in [4.69, 9.17) is 4.43 Å². The van der Waals surface area contributed by atoms with Gasteiger partial charge in [0.25, 0.3) is 0 Å². The molecule has 0 atom stereocenters. The van der Waals surface area contributed by atoms with Crippen LogP contribution >= 0.6 is 0 Å². The highest BCUT2D eigenvalue weighted by Gasteiger charge is 2.36. The van der Waals surface area contributed by atoms with Crippen molar-refractivity contribution >= 4 is 31.6 Å². The Kier molecular flexibility index (Phi) is 5.27. The summed E-state index contributed by atoms with van der Waals surface area (Å²) in [7, 11) is -1.73. The zero-order valence-corrected chi connectivity index (χ0v) is 17.7. The summed E-state index contributed by atoms with van der Waals surface area (Å²) in [5.41, 5.74) is 3.12. The Balaban J connectivity index is 1.83. The number of hydrogen-bond acceptors (Lipinski definition) is 2. The minimum Gasteiger partial charge on any atom is -0.413 e. The fourth-order valence-electron chi connectivity index (χ4n) is 3.01. The maximum absolute atomic E-state index is 11.5. The van der Waals surface area contributed by atoms with Crippen molar-refractivity contribution in [1.29, 1.82) is 0 Å². The van der Waals surface area contributed by atoms with Crippen LogP contribution in [-0.2, 0) is 11.0 Å². The van der Waals surface area contributed by atoms with Gasteiger partial charge in [-0.05, 0) is 48.5 Å². The Morgan fingerprint density at radius 2 is 2.00 bits per heavy atom. The van der Waals surface area contributed by atoms with Crippen molar-refractivity contribution in [3.8, 4) is 0 Å². The van der Waals surface area contributed by atoms with E-state index < -0.39 is 8.32 Å². The van der Waals surface area contributed by atoms with E-state index in [2.05, 4.69) is 68.8 Å². The summed E-state index contributed by atoms with van der Waals surface area (Å²) in [6, 6.07) is 8.29. The Bertz CT molecular complexity index is 823. The van der Waals surface area contributed by atoms with Gasteiger partial charge in [-0.15, -0.1) is 0 Å². The summed E-state index contributed by atoms with van der Waals surface area (Å²) < 4.78 is 8.45. The third-order valence-corrected chi connectivity index (χ3v) is 10.4. The van der Waals surface area contributed by atoms with Gasteiger partial charge < -0.3 is 8.99 Å². The molecule has 0 bridgehead atoms. The second-order valence-corrected chi connectivity index (χ2v) is 13.8. The second-order valence-electron chi connectivity index (χ2n) is 9.00. The van der Waals surface area contributed by atoms with E-state index >= 15 is 0 Å². The fourth-order valence-corrected chi connectivity index (χ4v) is 3.96. The van der Waals surface area contributed by atoms with Crippen LogP contribution in [0.15, 0.2) is 30.3 Å². The third kappa shape index (κ3) is 4.02. The van der Waals surface area contributed by atoms with E-state index in [9.17, 15) is 4.79 Å². The summed E-state index contributed by atoms with van der Waals surface area (Å²) in [6.45, 7) is 12.9. The second kappa shape index (κ2) is 7.16. The van der Waals surface area contributed by atoms with Gasteiger partial charge in [0, 0.05) is 11.9 Å². The molecule has 4 heteroatoms. The molecule has 0 N–H and O–H groups in total. The van der Waals surface area contributed by atoms with Crippen LogP contribution in [-0.4, -0.2) is 25.8 Å². The van der Waals surface area contributed by atoms with Crippen molar-refractivity contribution in [2.45, 2.75) is 58.3 Å². The van der Waals surface area contributed by atoms with Crippen LogP contribution in [0.25, 0.3) is 17.0 Å². The molecule has 1 aromatic carbocycles. The molecule has 0 unspecified atom stereocenters. The van der Waals surface area contributed by atoms with Crippen LogP contribution in [0.5, 0.6) is 0 Å². The minimum absolute atomic E-state index is 0.221. The van der Waals surface area contributed by atoms with Gasteiger partial charge in [-0.2, -0.15) is 0 Å². The summed E-state index contributed by atoms with van der Waals surface area (Å²) in [5, 5.41) is 1.36. The van der Waals surface area contributed by atoms with Crippen LogP contribution in [0, 0.1) is 5.92 Å². The first-order chi connectivity index (χ1) is 12.2. The van der Waals surface area contributed by atoms with Gasteiger partial charge in [-0.25, -0.2) is 0 Å². The highest BCUT2D eigenvalue weighted by Crippen LogP contribution is 2.36. The molecule has 3 nitrogen and oxygen atoms in total. The van der Waals surface area contributed by atoms with Crippen LogP contribution in [0.3, 0.4) is 0 Å². The molecule has 1 aliphatic rings. The molecule has 1 fully saturated rings. The summed E-state index contributed by atoms with van der Waals surface area (Å²) in [4.78, 5) is 11.5. The van der Waals surface area contributed by atoms with Crippen LogP contribution in [0.4, 0.5) is 0 Å². The van der Waals surface area contributed by atoms with Crippen molar-refractivity contribution in [2.24, 2.45) is 5.92 Å². The normalized spacial score (nSPS) is 15.9. The molecule has 1 saturated carbocycles. The van der Waals surface area contributed by atoms with E-state index in [-0.39, 0.29) is 5.04 Å². The predicted octanol–water partition coefficient (Wildman–Crippen LogP) is 5.90. The largest absolute Gasteiger partial charge is 0.413 e. The van der Waals surface area contributed by atoms with E-state index in [1.807, 2.05) is 6.07 Å². The molecule has 0 aliphatic heterocycles. The SMILES string of the molecule is CC(C)(C)[Si](C)(C)OC/C=C/c1cccc2cc(C=O)n(CC3CC3)c12. The maximum atomic E-state index is 11.5. The Morgan fingerprint density at radius 1 is 1.27 bits per heavy atom. The molecule has 0 saturated heterocycles. The first kappa shape index (κ1) is 19.1. The average Bonchev–Trinajstić information content (AvgIpc) is 3.31. The number of carbonyl (C=O) groups excluding carboxylic acids is 1. The van der Waals surface area contributed by atoms with E-state index in [1.165, 1.54) is 18.4 Å². The number of aromatic nitrogens is 1. The lowest BCUT2D eigenvalue weighted by atomic mass is 10.1. The number of aldehydes is 1. The number of benzene rings is 1. The predicted molar refractivity (Wildman–Crippen MR) is 112 cm³/mol. The molecule has 2 aromatic rings. The lowest BCUT2D eigenvalue weighted by Gasteiger charge is -2.35. The highest BCUT2D eigenvalue weighted by atomic mass is 28.4. The first-order valence-electron chi connectivity index (χ1n) is 9.61. The zero-order valence-electron chi connectivity index (χ0n) is 16.7. The molecule has 1 aromatic heterocycles. The van der Waals surface area contributed by atoms with Crippen molar-refractivity contribution in [1.82, 2.24) is 4.57 Å². The monoisotopic (exact) mass is 369 g/mol. The quantitative estimate of drug-likeness (QED) is 0.449. The van der Waals surface area contributed by atoms with Gasteiger partial charge in [0.2, 0.25) is 0 Å². The van der Waals surface area contributed by atoms with Gasteiger partial charge in [0.05, 0.1) is 17.8 Å². The zero-order chi connectivity index (χ0) is 18.9. The number of fused-ring (bicyclic) bond motifs is 1. The average molecular weight is 370 g/mol. The van der Waals surface area contributed by atoms with Gasteiger partial charge in [-0.1, -0.05) is 51.1 Å². The number of nitrogens with zero attached hydrogens (tertiary/aromatic N) is 1. The Hall–Kier alpha value is -1.65. The Labute approximate surface area is 158 Å². The van der Waals surface area contributed by atoms with Crippen LogP contribution < -0.4 is 0 Å². The number of rotatable bonds is 7. The summed E-state index contributed by atoms with van der Waals surface area (Å²) in [5.74, 6) is 0.725. The number of carbonyl (C=O) groups is 1. The fraction of sp³-hybridized carbons (Fsp3) is 0.500. The molecule has 0 amide bonds. The van der Waals surface area contributed by atoms with E-state index in [0.29, 0.717) is 6.61 Å². The molecule has 1 aliphatic carbocycles. The number of hydrogen-bond donors (Lipinski definition) is 0. The minimum atomic E-state index is -1.73. The Morgan fingerprint density at radius 3 is 2.62 bits per heavy atom. The summed E-state index contributed by atoms with van der Waals surface area (Å²) in [6.07, 6.45) is 7.79. The van der Waals surface area contributed by atoms with Crippen molar-refractivity contribution < 1.29 is 9.22 Å². The van der Waals surface area contributed by atoms with Crippen LogP contribution in [0.1, 0.15) is 49.7 Å². The van der Waals surface area contributed by atoms with Gasteiger partial charge in [0.15, 0.2) is 14.6 Å². The molecular weight excluding hydrogens is 338 g/mol. The van der Waals surface area contributed by atoms with Gasteiger partial charge in [-0.3, -0.25) is 4.79 Å². The van der Waals surface area contributed by atoms with Gasteiger partial charge in [0.1, 0.15) is 0 Å². The molecule has 3 rings (SSSR count). The molecular formula is C22H31NO2Si. The lowest BCUT2D eigenvalue weighted by molar-refractivity contribution is 0.111. The van der Waals surface area contributed by atoms with Crippen molar-refractivity contribution in [3.63, 3.8) is 0 Å². The molecule has 140 valence electrons. The van der Waals surface area contributed by atoms with E-state index in [0.717, 1.165) is 35.4 Å². The number of para-hydroxylation sites is 1. The standard InChI is InChI=1S/C22H31NO2Si/c1-22(2,3)26(4,5)25-13-7-10-18-8-6-9-19-14-20(16-24)23(21(18)19)15-17-11-12-17/h6-10,14,16-17H,11-13,15H2,1-5H3/b10-7+. The molecule has 0 radical (unpaired) electrons. The third-order valence-electron chi connectivity index (χ3n) is 5.89. The smallest absolute Gasteiger partial charge is 0.192 e. The molecule has 1 heterocycles. The topological polar surface area (TPSA) is 31.2 Å². The first-order valence-corrected chi connectivity index (χ1v) is 12.5. The van der Waals surface area contributed by atoms with Gasteiger partial charge >= 0.3 is 0 Å². The lowest BCUT2D eigenvalue weighted by Crippen LogP contribution is -2.40.